The minimum atomic E-state index is 1.08. The van der Waals surface area contributed by atoms with Crippen LogP contribution in [-0.2, 0) is 6.42 Å². The summed E-state index contributed by atoms with van der Waals surface area (Å²) in [6.45, 7) is 4.29. The van der Waals surface area contributed by atoms with Crippen LogP contribution in [0.3, 0.4) is 0 Å². The van der Waals surface area contributed by atoms with Crippen molar-refractivity contribution in [2.24, 2.45) is 0 Å². The number of para-hydroxylation sites is 1. The van der Waals surface area contributed by atoms with Gasteiger partial charge in [0.1, 0.15) is 0 Å². The maximum atomic E-state index is 2.46. The summed E-state index contributed by atoms with van der Waals surface area (Å²) in [6, 6.07) is 31.4. The van der Waals surface area contributed by atoms with Gasteiger partial charge in [0.15, 0.2) is 0 Å². The van der Waals surface area contributed by atoms with Crippen molar-refractivity contribution in [3.05, 3.63) is 113 Å². The van der Waals surface area contributed by atoms with E-state index in [2.05, 4.69) is 120 Å². The maximum Gasteiger partial charge on any atom is 0.0548 e. The molecule has 0 unspecified atom stereocenters. The van der Waals surface area contributed by atoms with Crippen LogP contribution in [0.15, 0.2) is 91.0 Å². The maximum absolute atomic E-state index is 2.46. The van der Waals surface area contributed by atoms with Gasteiger partial charge in [-0.1, -0.05) is 59.7 Å². The first-order chi connectivity index (χ1) is 16.7. The van der Waals surface area contributed by atoms with Crippen LogP contribution in [0.25, 0.3) is 50.2 Å². The molecule has 0 saturated heterocycles. The number of hydrogen-bond donors (Lipinski definition) is 0. The molecular formula is C32H26N2. The predicted octanol–water partition coefficient (Wildman–Crippen LogP) is 8.30. The first-order valence-electron chi connectivity index (χ1n) is 12.1. The van der Waals surface area contributed by atoms with Gasteiger partial charge in [0.2, 0.25) is 0 Å². The molecule has 1 aliphatic carbocycles. The number of aryl methyl sites for hydroxylation is 3. The SMILES string of the molecule is Cc1ccc(-n2c3c(c4cc5c(cc42)c2ccccc2n5-c2ccc(C)cc2)CCC=C3)cc1. The molecule has 2 heterocycles. The van der Waals surface area contributed by atoms with Crippen LogP contribution >= 0.6 is 0 Å². The fraction of sp³-hybridized carbons (Fsp3) is 0.125. The van der Waals surface area contributed by atoms with Crippen molar-refractivity contribution < 1.29 is 0 Å². The fourth-order valence-electron chi connectivity index (χ4n) is 5.64. The number of nitrogens with zero attached hydrogens (tertiary/aromatic N) is 2. The fourth-order valence-corrected chi connectivity index (χ4v) is 5.64. The van der Waals surface area contributed by atoms with Crippen LogP contribution in [0.2, 0.25) is 0 Å². The van der Waals surface area contributed by atoms with Crippen molar-refractivity contribution in [1.29, 1.82) is 0 Å². The van der Waals surface area contributed by atoms with Crippen molar-refractivity contribution >= 4 is 38.8 Å². The average Bonchev–Trinajstić information content (AvgIpc) is 3.36. The summed E-state index contributed by atoms with van der Waals surface area (Å²) in [5.41, 5.74) is 11.6. The Bertz CT molecular complexity index is 1740. The van der Waals surface area contributed by atoms with Crippen molar-refractivity contribution in [2.45, 2.75) is 26.7 Å². The Hall–Kier alpha value is -4.04. The molecule has 1 aliphatic rings. The lowest BCUT2D eigenvalue weighted by Crippen LogP contribution is -2.00. The van der Waals surface area contributed by atoms with Crippen molar-refractivity contribution in [3.8, 4) is 11.4 Å². The van der Waals surface area contributed by atoms with E-state index in [0.717, 1.165) is 12.8 Å². The summed E-state index contributed by atoms with van der Waals surface area (Å²) in [4.78, 5) is 0. The topological polar surface area (TPSA) is 9.86 Å². The molecule has 6 aromatic rings. The molecule has 0 radical (unpaired) electrons. The number of allylic oxidation sites excluding steroid dienone is 1. The van der Waals surface area contributed by atoms with Crippen LogP contribution in [0.1, 0.15) is 28.8 Å². The Kier molecular flexibility index (Phi) is 4.13. The Labute approximate surface area is 199 Å². The van der Waals surface area contributed by atoms with Gasteiger partial charge in [0, 0.05) is 33.2 Å². The molecule has 0 amide bonds. The number of fused-ring (bicyclic) bond motifs is 6. The van der Waals surface area contributed by atoms with E-state index >= 15 is 0 Å². The average molecular weight is 439 g/mol. The highest BCUT2D eigenvalue weighted by Crippen LogP contribution is 2.40. The van der Waals surface area contributed by atoms with E-state index < -0.39 is 0 Å². The van der Waals surface area contributed by atoms with Gasteiger partial charge < -0.3 is 9.13 Å². The van der Waals surface area contributed by atoms with Crippen molar-refractivity contribution in [2.75, 3.05) is 0 Å². The van der Waals surface area contributed by atoms with Crippen LogP contribution in [0.4, 0.5) is 0 Å². The van der Waals surface area contributed by atoms with E-state index in [9.17, 15) is 0 Å². The minimum absolute atomic E-state index is 1.08. The van der Waals surface area contributed by atoms with Crippen molar-refractivity contribution in [1.82, 2.24) is 9.13 Å². The molecule has 0 fully saturated rings. The van der Waals surface area contributed by atoms with Crippen LogP contribution in [0, 0.1) is 13.8 Å². The first-order valence-corrected chi connectivity index (χ1v) is 12.1. The van der Waals surface area contributed by atoms with Gasteiger partial charge in [-0.15, -0.1) is 0 Å². The molecule has 0 saturated carbocycles. The number of benzene rings is 4. The molecule has 2 aromatic heterocycles. The monoisotopic (exact) mass is 438 g/mol. The number of rotatable bonds is 2. The molecule has 2 heteroatoms. The van der Waals surface area contributed by atoms with Gasteiger partial charge in [-0.3, -0.25) is 0 Å². The van der Waals surface area contributed by atoms with Gasteiger partial charge in [-0.2, -0.15) is 0 Å². The minimum Gasteiger partial charge on any atom is -0.310 e. The molecule has 0 bridgehead atoms. The van der Waals surface area contributed by atoms with Gasteiger partial charge >= 0.3 is 0 Å². The second-order valence-electron chi connectivity index (χ2n) is 9.55. The second kappa shape index (κ2) is 7.23. The lowest BCUT2D eigenvalue weighted by Gasteiger charge is -2.12. The standard InChI is InChI=1S/C32H26N2/c1-21-11-15-23(16-12-21)33-29-9-5-3-7-25(29)27-20-32-28(19-31(27)33)26-8-4-6-10-30(26)34(32)24-17-13-22(2)14-18-24/h3,5-7,9-20H,4,8H2,1-2H3. The highest BCUT2D eigenvalue weighted by Gasteiger charge is 2.21. The molecule has 164 valence electrons. The van der Waals surface area contributed by atoms with Crippen molar-refractivity contribution in [3.63, 3.8) is 0 Å². The summed E-state index contributed by atoms with van der Waals surface area (Å²) in [5.74, 6) is 0. The lowest BCUT2D eigenvalue weighted by atomic mass is 10.00. The van der Waals surface area contributed by atoms with Gasteiger partial charge in [0.05, 0.1) is 16.6 Å². The highest BCUT2D eigenvalue weighted by atomic mass is 15.0. The molecule has 0 atom stereocenters. The normalized spacial score (nSPS) is 13.2. The van der Waals surface area contributed by atoms with E-state index in [0.29, 0.717) is 0 Å². The van der Waals surface area contributed by atoms with E-state index in [1.807, 2.05) is 0 Å². The zero-order valence-electron chi connectivity index (χ0n) is 19.5. The third-order valence-corrected chi connectivity index (χ3v) is 7.33. The Morgan fingerprint density at radius 2 is 1.21 bits per heavy atom. The molecule has 7 rings (SSSR count). The van der Waals surface area contributed by atoms with Gasteiger partial charge in [-0.05, 0) is 80.8 Å². The quantitative estimate of drug-likeness (QED) is 0.257. The largest absolute Gasteiger partial charge is 0.310 e. The van der Waals surface area contributed by atoms with E-state index in [-0.39, 0.29) is 0 Å². The summed E-state index contributed by atoms with van der Waals surface area (Å²) >= 11 is 0. The Morgan fingerprint density at radius 3 is 1.94 bits per heavy atom. The van der Waals surface area contributed by atoms with Gasteiger partial charge in [-0.25, -0.2) is 0 Å². The van der Waals surface area contributed by atoms with E-state index in [1.165, 1.54) is 66.5 Å². The Balaban J connectivity index is 1.63. The molecule has 0 spiro atoms. The predicted molar refractivity (Wildman–Crippen MR) is 144 cm³/mol. The van der Waals surface area contributed by atoms with Crippen LogP contribution in [0.5, 0.6) is 0 Å². The number of hydrogen-bond acceptors (Lipinski definition) is 0. The lowest BCUT2D eigenvalue weighted by molar-refractivity contribution is 0.967. The zero-order chi connectivity index (χ0) is 22.8. The first kappa shape index (κ1) is 19.4. The third kappa shape index (κ3) is 2.75. The molecule has 2 nitrogen and oxygen atoms in total. The van der Waals surface area contributed by atoms with Gasteiger partial charge in [0.25, 0.3) is 0 Å². The summed E-state index contributed by atoms with van der Waals surface area (Å²) in [7, 11) is 0. The van der Waals surface area contributed by atoms with Crippen LogP contribution < -0.4 is 0 Å². The van der Waals surface area contributed by atoms with Crippen LogP contribution in [-0.4, -0.2) is 9.13 Å². The smallest absolute Gasteiger partial charge is 0.0548 e. The summed E-state index contributed by atoms with van der Waals surface area (Å²) in [5, 5.41) is 3.96. The summed E-state index contributed by atoms with van der Waals surface area (Å²) < 4.78 is 4.88. The zero-order valence-corrected chi connectivity index (χ0v) is 19.5. The van der Waals surface area contributed by atoms with E-state index in [1.54, 1.807) is 0 Å². The molecule has 34 heavy (non-hydrogen) atoms. The molecule has 4 aromatic carbocycles. The molecule has 0 N–H and O–H groups in total. The number of aromatic nitrogens is 2. The Morgan fingerprint density at radius 1 is 0.588 bits per heavy atom. The highest BCUT2D eigenvalue weighted by molar-refractivity contribution is 6.14. The molecular weight excluding hydrogens is 412 g/mol. The summed E-state index contributed by atoms with van der Waals surface area (Å²) in [6.07, 6.45) is 6.81. The molecule has 0 aliphatic heterocycles. The second-order valence-corrected chi connectivity index (χ2v) is 9.55. The third-order valence-electron chi connectivity index (χ3n) is 7.33. The van der Waals surface area contributed by atoms with E-state index in [4.69, 9.17) is 0 Å².